The monoisotopic (exact) mass is 242 g/mol. The summed E-state index contributed by atoms with van der Waals surface area (Å²) in [6.45, 7) is 10.1. The molecule has 4 nitrogen and oxygen atoms in total. The number of nitrogens with zero attached hydrogens (tertiary/aromatic N) is 2. The van der Waals surface area contributed by atoms with Gasteiger partial charge in [0, 0.05) is 25.7 Å². The largest absolute Gasteiger partial charge is 0.330 e. The Kier molecular flexibility index (Phi) is 7.77. The highest BCUT2D eigenvalue weighted by atomic mass is 15.3. The summed E-state index contributed by atoms with van der Waals surface area (Å²) in [6.07, 6.45) is 4.80. The van der Waals surface area contributed by atoms with Crippen LogP contribution < -0.4 is 11.5 Å². The molecule has 0 saturated carbocycles. The number of hydrogen-bond donors (Lipinski definition) is 2. The average Bonchev–Trinajstić information content (AvgIpc) is 2.32. The SMILES string of the molecule is CC1CN(CCCCN)CCN1CCCCN. The van der Waals surface area contributed by atoms with Crippen molar-refractivity contribution in [3.8, 4) is 0 Å². The second kappa shape index (κ2) is 8.86. The summed E-state index contributed by atoms with van der Waals surface area (Å²) in [6, 6.07) is 0.694. The Morgan fingerprint density at radius 3 is 2.18 bits per heavy atom. The number of rotatable bonds is 8. The molecule has 0 bridgehead atoms. The van der Waals surface area contributed by atoms with E-state index in [1.165, 1.54) is 45.6 Å². The van der Waals surface area contributed by atoms with Crippen LogP contribution in [-0.2, 0) is 0 Å². The molecule has 4 N–H and O–H groups in total. The molecule has 1 atom stereocenters. The predicted octanol–water partition coefficient (Wildman–Crippen LogP) is 0.470. The Labute approximate surface area is 106 Å². The molecule has 102 valence electrons. The Hall–Kier alpha value is -0.160. The van der Waals surface area contributed by atoms with E-state index in [9.17, 15) is 0 Å². The third kappa shape index (κ3) is 5.82. The van der Waals surface area contributed by atoms with Crippen LogP contribution in [0.2, 0.25) is 0 Å². The van der Waals surface area contributed by atoms with E-state index in [0.717, 1.165) is 25.9 Å². The maximum absolute atomic E-state index is 5.53. The van der Waals surface area contributed by atoms with E-state index in [2.05, 4.69) is 16.7 Å². The minimum atomic E-state index is 0.694. The molecule has 4 heteroatoms. The van der Waals surface area contributed by atoms with E-state index in [0.29, 0.717) is 6.04 Å². The van der Waals surface area contributed by atoms with Crippen LogP contribution in [0, 0.1) is 0 Å². The average molecular weight is 242 g/mol. The van der Waals surface area contributed by atoms with Crippen LogP contribution in [0.4, 0.5) is 0 Å². The molecule has 1 fully saturated rings. The van der Waals surface area contributed by atoms with Gasteiger partial charge in [-0.1, -0.05) is 0 Å². The first kappa shape index (κ1) is 14.9. The van der Waals surface area contributed by atoms with Gasteiger partial charge in [-0.2, -0.15) is 0 Å². The molecule has 0 aromatic heterocycles. The lowest BCUT2D eigenvalue weighted by Crippen LogP contribution is -2.52. The van der Waals surface area contributed by atoms with Crippen molar-refractivity contribution in [2.45, 2.75) is 38.6 Å². The fraction of sp³-hybridized carbons (Fsp3) is 1.00. The van der Waals surface area contributed by atoms with Crippen LogP contribution in [0.1, 0.15) is 32.6 Å². The topological polar surface area (TPSA) is 58.5 Å². The van der Waals surface area contributed by atoms with Crippen LogP contribution in [0.25, 0.3) is 0 Å². The summed E-state index contributed by atoms with van der Waals surface area (Å²) >= 11 is 0. The zero-order chi connectivity index (χ0) is 12.5. The Balaban J connectivity index is 2.15. The Bertz CT molecular complexity index is 186. The lowest BCUT2D eigenvalue weighted by Gasteiger charge is -2.40. The molecule has 0 aliphatic carbocycles. The molecule has 0 aromatic rings. The number of piperazine rings is 1. The van der Waals surface area contributed by atoms with Crippen molar-refractivity contribution in [3.63, 3.8) is 0 Å². The fourth-order valence-corrected chi connectivity index (χ4v) is 2.54. The first-order valence-corrected chi connectivity index (χ1v) is 7.14. The first-order valence-electron chi connectivity index (χ1n) is 7.14. The third-order valence-corrected chi connectivity index (χ3v) is 3.68. The van der Waals surface area contributed by atoms with Crippen LogP contribution in [0.3, 0.4) is 0 Å². The summed E-state index contributed by atoms with van der Waals surface area (Å²) in [4.78, 5) is 5.19. The smallest absolute Gasteiger partial charge is 0.0195 e. The van der Waals surface area contributed by atoms with Crippen molar-refractivity contribution < 1.29 is 0 Å². The first-order chi connectivity index (χ1) is 8.27. The summed E-state index contributed by atoms with van der Waals surface area (Å²) in [5.74, 6) is 0. The third-order valence-electron chi connectivity index (χ3n) is 3.68. The van der Waals surface area contributed by atoms with Crippen LogP contribution in [0.15, 0.2) is 0 Å². The summed E-state index contributed by atoms with van der Waals surface area (Å²) < 4.78 is 0. The van der Waals surface area contributed by atoms with Gasteiger partial charge in [-0.25, -0.2) is 0 Å². The van der Waals surface area contributed by atoms with Gasteiger partial charge < -0.3 is 16.4 Å². The van der Waals surface area contributed by atoms with Gasteiger partial charge in [0.05, 0.1) is 0 Å². The Morgan fingerprint density at radius 1 is 0.941 bits per heavy atom. The lowest BCUT2D eigenvalue weighted by molar-refractivity contribution is 0.0814. The van der Waals surface area contributed by atoms with Crippen molar-refractivity contribution in [1.82, 2.24) is 9.80 Å². The molecule has 1 aliphatic rings. The molecule has 0 amide bonds. The van der Waals surface area contributed by atoms with Crippen molar-refractivity contribution in [2.24, 2.45) is 11.5 Å². The summed E-state index contributed by atoms with van der Waals surface area (Å²) in [7, 11) is 0. The highest BCUT2D eigenvalue weighted by Crippen LogP contribution is 2.11. The van der Waals surface area contributed by atoms with Crippen LogP contribution in [-0.4, -0.2) is 61.7 Å². The maximum Gasteiger partial charge on any atom is 0.0195 e. The fourth-order valence-electron chi connectivity index (χ4n) is 2.54. The lowest BCUT2D eigenvalue weighted by atomic mass is 10.1. The van der Waals surface area contributed by atoms with E-state index in [1.807, 2.05) is 0 Å². The van der Waals surface area contributed by atoms with Crippen molar-refractivity contribution in [1.29, 1.82) is 0 Å². The highest BCUT2D eigenvalue weighted by molar-refractivity contribution is 4.78. The molecular formula is C13H30N4. The Morgan fingerprint density at radius 2 is 1.59 bits per heavy atom. The predicted molar refractivity (Wildman–Crippen MR) is 74.1 cm³/mol. The number of hydrogen-bond acceptors (Lipinski definition) is 4. The highest BCUT2D eigenvalue weighted by Gasteiger charge is 2.22. The summed E-state index contributed by atoms with van der Waals surface area (Å²) in [5.41, 5.74) is 11.1. The van der Waals surface area contributed by atoms with Gasteiger partial charge in [0.1, 0.15) is 0 Å². The molecule has 1 aliphatic heterocycles. The quantitative estimate of drug-likeness (QED) is 0.608. The van der Waals surface area contributed by atoms with Gasteiger partial charge in [-0.05, 0) is 58.8 Å². The molecule has 1 saturated heterocycles. The van der Waals surface area contributed by atoms with E-state index in [4.69, 9.17) is 11.5 Å². The molecule has 0 spiro atoms. The van der Waals surface area contributed by atoms with Crippen molar-refractivity contribution >= 4 is 0 Å². The van der Waals surface area contributed by atoms with Gasteiger partial charge in [0.2, 0.25) is 0 Å². The molecule has 0 radical (unpaired) electrons. The molecule has 17 heavy (non-hydrogen) atoms. The van der Waals surface area contributed by atoms with Gasteiger partial charge in [0.15, 0.2) is 0 Å². The van der Waals surface area contributed by atoms with Gasteiger partial charge in [-0.3, -0.25) is 4.90 Å². The number of nitrogens with two attached hydrogens (primary N) is 2. The normalized spacial score (nSPS) is 23.1. The van der Waals surface area contributed by atoms with Crippen molar-refractivity contribution in [2.75, 3.05) is 45.8 Å². The standard InChI is InChI=1S/C13H30N4/c1-13-12-16(8-4-2-6-14)10-11-17(13)9-5-3-7-15/h13H,2-12,14-15H2,1H3. The van der Waals surface area contributed by atoms with E-state index >= 15 is 0 Å². The summed E-state index contributed by atoms with van der Waals surface area (Å²) in [5, 5.41) is 0. The van der Waals surface area contributed by atoms with Gasteiger partial charge >= 0.3 is 0 Å². The zero-order valence-electron chi connectivity index (χ0n) is 11.4. The molecular weight excluding hydrogens is 212 g/mol. The second-order valence-electron chi connectivity index (χ2n) is 5.18. The zero-order valence-corrected chi connectivity index (χ0v) is 11.4. The minimum absolute atomic E-state index is 0.694. The van der Waals surface area contributed by atoms with Gasteiger partial charge in [0.25, 0.3) is 0 Å². The van der Waals surface area contributed by atoms with E-state index in [-0.39, 0.29) is 0 Å². The maximum atomic E-state index is 5.53. The number of unbranched alkanes of at least 4 members (excludes halogenated alkanes) is 2. The second-order valence-corrected chi connectivity index (χ2v) is 5.18. The van der Waals surface area contributed by atoms with Crippen LogP contribution >= 0.6 is 0 Å². The van der Waals surface area contributed by atoms with Crippen LogP contribution in [0.5, 0.6) is 0 Å². The van der Waals surface area contributed by atoms with E-state index < -0.39 is 0 Å². The van der Waals surface area contributed by atoms with Gasteiger partial charge in [-0.15, -0.1) is 0 Å². The molecule has 1 rings (SSSR count). The molecule has 1 unspecified atom stereocenters. The van der Waals surface area contributed by atoms with Crippen molar-refractivity contribution in [3.05, 3.63) is 0 Å². The molecule has 0 aromatic carbocycles. The van der Waals surface area contributed by atoms with E-state index in [1.54, 1.807) is 0 Å². The minimum Gasteiger partial charge on any atom is -0.330 e. The molecule has 1 heterocycles.